The highest BCUT2D eigenvalue weighted by atomic mass is 16.5. The molecule has 0 saturated carbocycles. The summed E-state index contributed by atoms with van der Waals surface area (Å²) in [6, 6.07) is 18.3. The fraction of sp³-hybridized carbons (Fsp3) is 0.318. The molecule has 1 aliphatic rings. The van der Waals surface area contributed by atoms with E-state index in [1.165, 1.54) is 0 Å². The Morgan fingerprint density at radius 2 is 1.77 bits per heavy atom. The Balaban J connectivity index is 1.37. The number of hydrogen-bond donors (Lipinski definition) is 1. The van der Waals surface area contributed by atoms with E-state index in [0.29, 0.717) is 6.54 Å². The first-order valence-corrected chi connectivity index (χ1v) is 10.1. The number of methoxy groups -OCH3 is 1. The van der Waals surface area contributed by atoms with Gasteiger partial charge in [-0.1, -0.05) is 30.3 Å². The van der Waals surface area contributed by atoms with Gasteiger partial charge in [-0.15, -0.1) is 10.2 Å². The third kappa shape index (κ3) is 4.22. The van der Waals surface area contributed by atoms with Gasteiger partial charge in [0.25, 0.3) is 0 Å². The molecule has 0 radical (unpaired) electrons. The molecule has 2 heterocycles. The minimum absolute atomic E-state index is 0.550. The van der Waals surface area contributed by atoms with E-state index in [9.17, 15) is 0 Å². The Morgan fingerprint density at radius 1 is 1.03 bits per heavy atom. The molecule has 1 aliphatic heterocycles. The Bertz CT molecular complexity index is 978. The Morgan fingerprint density at radius 3 is 2.50 bits per heavy atom. The van der Waals surface area contributed by atoms with E-state index in [2.05, 4.69) is 36.4 Å². The van der Waals surface area contributed by atoms with Gasteiger partial charge in [0.1, 0.15) is 12.1 Å². The SMILES string of the molecule is CN=C(NCc1nncn1-c1ccccc1)N1CCN(c2ccccc2OC)CC1. The van der Waals surface area contributed by atoms with Crippen LogP contribution in [0.1, 0.15) is 5.82 Å². The van der Waals surface area contributed by atoms with Crippen LogP contribution in [-0.4, -0.2) is 66.0 Å². The minimum Gasteiger partial charge on any atom is -0.495 e. The van der Waals surface area contributed by atoms with Crippen molar-refractivity contribution >= 4 is 11.6 Å². The molecule has 30 heavy (non-hydrogen) atoms. The number of nitrogens with zero attached hydrogens (tertiary/aromatic N) is 6. The molecular formula is C22H27N7O. The molecule has 0 aliphatic carbocycles. The third-order valence-electron chi connectivity index (χ3n) is 5.27. The van der Waals surface area contributed by atoms with E-state index in [1.807, 2.05) is 60.1 Å². The standard InChI is InChI=1S/C22H27N7O/c1-23-22(24-16-21-26-25-17-29(21)18-8-4-3-5-9-18)28-14-12-27(13-15-28)19-10-6-7-11-20(19)30-2/h3-11,17H,12-16H2,1-2H3,(H,23,24). The van der Waals surface area contributed by atoms with Crippen molar-refractivity contribution in [1.82, 2.24) is 25.0 Å². The lowest BCUT2D eigenvalue weighted by Crippen LogP contribution is -2.52. The van der Waals surface area contributed by atoms with E-state index in [0.717, 1.165) is 55.1 Å². The van der Waals surface area contributed by atoms with Crippen LogP contribution < -0.4 is 15.0 Å². The number of aromatic nitrogens is 3. The second kappa shape index (κ2) is 9.30. The van der Waals surface area contributed by atoms with Gasteiger partial charge in [0.2, 0.25) is 0 Å². The predicted octanol–water partition coefficient (Wildman–Crippen LogP) is 2.17. The quantitative estimate of drug-likeness (QED) is 0.518. The van der Waals surface area contributed by atoms with E-state index in [-0.39, 0.29) is 0 Å². The van der Waals surface area contributed by atoms with Crippen LogP contribution in [0.3, 0.4) is 0 Å². The normalized spacial score (nSPS) is 14.7. The molecule has 1 N–H and O–H groups in total. The average molecular weight is 406 g/mol. The highest BCUT2D eigenvalue weighted by molar-refractivity contribution is 5.80. The maximum Gasteiger partial charge on any atom is 0.194 e. The molecule has 0 amide bonds. The van der Waals surface area contributed by atoms with Crippen molar-refractivity contribution in [1.29, 1.82) is 0 Å². The third-order valence-corrected chi connectivity index (χ3v) is 5.27. The van der Waals surface area contributed by atoms with Crippen molar-refractivity contribution in [3.8, 4) is 11.4 Å². The van der Waals surface area contributed by atoms with E-state index in [4.69, 9.17) is 4.74 Å². The number of piperazine rings is 1. The molecule has 4 rings (SSSR count). The lowest BCUT2D eigenvalue weighted by atomic mass is 10.2. The first-order valence-electron chi connectivity index (χ1n) is 10.1. The van der Waals surface area contributed by atoms with Gasteiger partial charge in [-0.05, 0) is 24.3 Å². The van der Waals surface area contributed by atoms with Crippen molar-refractivity contribution in [2.75, 3.05) is 45.2 Å². The zero-order chi connectivity index (χ0) is 20.8. The molecule has 8 nitrogen and oxygen atoms in total. The van der Waals surface area contributed by atoms with Crippen molar-refractivity contribution in [2.24, 2.45) is 4.99 Å². The molecule has 0 spiro atoms. The van der Waals surface area contributed by atoms with Crippen LogP contribution in [0, 0.1) is 0 Å². The van der Waals surface area contributed by atoms with Crippen molar-refractivity contribution < 1.29 is 4.74 Å². The second-order valence-electron chi connectivity index (χ2n) is 7.00. The Kier molecular flexibility index (Phi) is 6.12. The number of nitrogens with one attached hydrogen (secondary N) is 1. The fourth-order valence-electron chi connectivity index (χ4n) is 3.72. The zero-order valence-electron chi connectivity index (χ0n) is 17.4. The smallest absolute Gasteiger partial charge is 0.194 e. The molecule has 2 aromatic carbocycles. The molecule has 156 valence electrons. The maximum absolute atomic E-state index is 5.52. The molecule has 1 fully saturated rings. The molecule has 1 aromatic heterocycles. The zero-order valence-corrected chi connectivity index (χ0v) is 17.4. The number of ether oxygens (including phenoxy) is 1. The monoisotopic (exact) mass is 405 g/mol. The molecule has 0 atom stereocenters. The van der Waals surface area contributed by atoms with Gasteiger partial charge in [0.05, 0.1) is 19.3 Å². The van der Waals surface area contributed by atoms with Crippen LogP contribution in [-0.2, 0) is 6.54 Å². The average Bonchev–Trinajstić information content (AvgIpc) is 3.29. The largest absolute Gasteiger partial charge is 0.495 e. The summed E-state index contributed by atoms with van der Waals surface area (Å²) in [4.78, 5) is 9.10. The summed E-state index contributed by atoms with van der Waals surface area (Å²) in [5.74, 6) is 2.63. The summed E-state index contributed by atoms with van der Waals surface area (Å²) in [7, 11) is 3.53. The second-order valence-corrected chi connectivity index (χ2v) is 7.00. The van der Waals surface area contributed by atoms with Crippen LogP contribution in [0.2, 0.25) is 0 Å². The van der Waals surface area contributed by atoms with Gasteiger partial charge in [-0.3, -0.25) is 9.56 Å². The van der Waals surface area contributed by atoms with Gasteiger partial charge in [0, 0.05) is 38.9 Å². The van der Waals surface area contributed by atoms with Gasteiger partial charge in [-0.25, -0.2) is 0 Å². The Hall–Kier alpha value is -3.55. The minimum atomic E-state index is 0.550. The molecule has 3 aromatic rings. The first-order chi connectivity index (χ1) is 14.8. The van der Waals surface area contributed by atoms with Gasteiger partial charge < -0.3 is 19.9 Å². The number of para-hydroxylation sites is 3. The van der Waals surface area contributed by atoms with E-state index < -0.39 is 0 Å². The molecule has 0 bridgehead atoms. The number of benzene rings is 2. The van der Waals surface area contributed by atoms with Crippen LogP contribution in [0.5, 0.6) is 5.75 Å². The van der Waals surface area contributed by atoms with Crippen LogP contribution >= 0.6 is 0 Å². The van der Waals surface area contributed by atoms with Gasteiger partial charge >= 0.3 is 0 Å². The number of rotatable bonds is 5. The number of hydrogen-bond acceptors (Lipinski definition) is 5. The highest BCUT2D eigenvalue weighted by Crippen LogP contribution is 2.28. The summed E-state index contributed by atoms with van der Waals surface area (Å²) < 4.78 is 7.50. The molecule has 8 heteroatoms. The number of guanidine groups is 1. The van der Waals surface area contributed by atoms with Crippen molar-refractivity contribution in [3.05, 3.63) is 66.7 Å². The van der Waals surface area contributed by atoms with Crippen molar-refractivity contribution in [3.63, 3.8) is 0 Å². The van der Waals surface area contributed by atoms with Crippen LogP contribution in [0.4, 0.5) is 5.69 Å². The summed E-state index contributed by atoms with van der Waals surface area (Å²) in [6.07, 6.45) is 1.74. The van der Waals surface area contributed by atoms with Crippen LogP contribution in [0.25, 0.3) is 5.69 Å². The lowest BCUT2D eigenvalue weighted by molar-refractivity contribution is 0.366. The summed E-state index contributed by atoms with van der Waals surface area (Å²) >= 11 is 0. The first kappa shape index (κ1) is 19.8. The summed E-state index contributed by atoms with van der Waals surface area (Å²) in [5.41, 5.74) is 2.18. The Labute approximate surface area is 176 Å². The van der Waals surface area contributed by atoms with Crippen LogP contribution in [0.15, 0.2) is 65.9 Å². The van der Waals surface area contributed by atoms with Crippen molar-refractivity contribution in [2.45, 2.75) is 6.54 Å². The molecule has 1 saturated heterocycles. The van der Waals surface area contributed by atoms with Gasteiger partial charge in [-0.2, -0.15) is 0 Å². The van der Waals surface area contributed by atoms with E-state index in [1.54, 1.807) is 13.4 Å². The van der Waals surface area contributed by atoms with Gasteiger partial charge in [0.15, 0.2) is 11.8 Å². The topological polar surface area (TPSA) is 70.8 Å². The highest BCUT2D eigenvalue weighted by Gasteiger charge is 2.22. The van der Waals surface area contributed by atoms with E-state index >= 15 is 0 Å². The fourth-order valence-corrected chi connectivity index (χ4v) is 3.72. The maximum atomic E-state index is 5.52. The number of aliphatic imine (C=N–C) groups is 1. The summed E-state index contributed by atoms with van der Waals surface area (Å²) in [5, 5.41) is 11.8. The predicted molar refractivity (Wildman–Crippen MR) is 118 cm³/mol. The molecular weight excluding hydrogens is 378 g/mol. The summed E-state index contributed by atoms with van der Waals surface area (Å²) in [6.45, 7) is 4.11. The number of anilines is 1. The molecule has 0 unspecified atom stereocenters. The lowest BCUT2D eigenvalue weighted by Gasteiger charge is -2.38.